The average molecular weight is 352 g/mol. The zero-order valence-corrected chi connectivity index (χ0v) is 15.0. The Hall–Kier alpha value is -2.63. The van der Waals surface area contributed by atoms with Gasteiger partial charge < -0.3 is 10.2 Å². The van der Waals surface area contributed by atoms with Crippen LogP contribution >= 0.6 is 0 Å². The maximum absolute atomic E-state index is 12.9. The van der Waals surface area contributed by atoms with E-state index in [2.05, 4.69) is 27.6 Å². The van der Waals surface area contributed by atoms with E-state index < -0.39 is 0 Å². The summed E-state index contributed by atoms with van der Waals surface area (Å²) in [6.07, 6.45) is 4.27. The zero-order chi connectivity index (χ0) is 18.1. The van der Waals surface area contributed by atoms with Crippen molar-refractivity contribution in [1.29, 1.82) is 0 Å². The number of aromatic nitrogens is 2. The lowest BCUT2D eigenvalue weighted by Gasteiger charge is -2.28. The van der Waals surface area contributed by atoms with Gasteiger partial charge in [0.15, 0.2) is 5.69 Å². The highest BCUT2D eigenvalue weighted by Crippen LogP contribution is 2.30. The average Bonchev–Trinajstić information content (AvgIpc) is 3.11. The molecule has 2 N–H and O–H groups in total. The molecule has 0 spiro atoms. The van der Waals surface area contributed by atoms with E-state index in [1.165, 1.54) is 11.1 Å². The number of aryl methyl sites for hydroxylation is 1. The molecule has 4 rings (SSSR count). The molecule has 1 aliphatic heterocycles. The number of hydrogen-bond acceptors (Lipinski definition) is 3. The van der Waals surface area contributed by atoms with E-state index in [-0.39, 0.29) is 17.9 Å². The molecule has 0 bridgehead atoms. The van der Waals surface area contributed by atoms with Crippen LogP contribution in [-0.2, 0) is 24.2 Å². The molecule has 0 saturated heterocycles. The summed E-state index contributed by atoms with van der Waals surface area (Å²) in [5.74, 6) is -0.0422. The van der Waals surface area contributed by atoms with Gasteiger partial charge in [-0.25, -0.2) is 0 Å². The van der Waals surface area contributed by atoms with E-state index in [1.54, 1.807) is 0 Å². The van der Waals surface area contributed by atoms with E-state index in [9.17, 15) is 9.59 Å². The SMILES string of the molecule is CCC(=O)N1CCc2[nH]nc(C(=O)NC3CCCc4ccccc43)c2C1. The quantitative estimate of drug-likeness (QED) is 0.891. The molecular formula is C20H24N4O2. The van der Waals surface area contributed by atoms with E-state index in [0.29, 0.717) is 31.6 Å². The first-order chi connectivity index (χ1) is 12.7. The van der Waals surface area contributed by atoms with Crippen molar-refractivity contribution in [2.75, 3.05) is 6.54 Å². The summed E-state index contributed by atoms with van der Waals surface area (Å²) in [5.41, 5.74) is 4.78. The van der Waals surface area contributed by atoms with Crippen molar-refractivity contribution < 1.29 is 9.59 Å². The number of rotatable bonds is 3. The molecule has 1 aromatic heterocycles. The van der Waals surface area contributed by atoms with Gasteiger partial charge in [-0.15, -0.1) is 0 Å². The molecular weight excluding hydrogens is 328 g/mol. The molecule has 1 aliphatic carbocycles. The third kappa shape index (κ3) is 3.00. The number of amides is 2. The molecule has 6 heteroatoms. The standard InChI is InChI=1S/C20H24N4O2/c1-2-18(25)24-11-10-17-15(12-24)19(23-22-17)20(26)21-16-9-5-7-13-6-3-4-8-14(13)16/h3-4,6,8,16H,2,5,7,9-12H2,1H3,(H,21,26)(H,22,23). The van der Waals surface area contributed by atoms with Crippen LogP contribution < -0.4 is 5.32 Å². The Labute approximate surface area is 153 Å². The van der Waals surface area contributed by atoms with Gasteiger partial charge in [0.2, 0.25) is 5.91 Å². The highest BCUT2D eigenvalue weighted by Gasteiger charge is 2.29. The molecule has 2 heterocycles. The first-order valence-electron chi connectivity index (χ1n) is 9.40. The minimum Gasteiger partial charge on any atom is -0.344 e. The Bertz CT molecular complexity index is 842. The van der Waals surface area contributed by atoms with Gasteiger partial charge >= 0.3 is 0 Å². The lowest BCUT2D eigenvalue weighted by molar-refractivity contribution is -0.131. The third-order valence-electron chi connectivity index (χ3n) is 5.48. The Morgan fingerprint density at radius 3 is 3.00 bits per heavy atom. The molecule has 0 fully saturated rings. The summed E-state index contributed by atoms with van der Waals surface area (Å²) in [4.78, 5) is 26.7. The largest absolute Gasteiger partial charge is 0.344 e. The van der Waals surface area contributed by atoms with Crippen LogP contribution in [0, 0.1) is 0 Å². The van der Waals surface area contributed by atoms with Crippen molar-refractivity contribution in [2.24, 2.45) is 0 Å². The summed E-state index contributed by atoms with van der Waals surface area (Å²) in [6, 6.07) is 8.33. The van der Waals surface area contributed by atoms with Gasteiger partial charge in [-0.2, -0.15) is 5.10 Å². The molecule has 1 unspecified atom stereocenters. The first kappa shape index (κ1) is 16.8. The predicted molar refractivity (Wildman–Crippen MR) is 97.6 cm³/mol. The van der Waals surface area contributed by atoms with Crippen molar-refractivity contribution in [3.63, 3.8) is 0 Å². The number of aromatic amines is 1. The first-order valence-corrected chi connectivity index (χ1v) is 9.40. The minimum atomic E-state index is -0.157. The highest BCUT2D eigenvalue weighted by molar-refractivity contribution is 5.94. The van der Waals surface area contributed by atoms with Crippen LogP contribution in [0.5, 0.6) is 0 Å². The van der Waals surface area contributed by atoms with Gasteiger partial charge in [0.05, 0.1) is 6.04 Å². The summed E-state index contributed by atoms with van der Waals surface area (Å²) in [7, 11) is 0. The van der Waals surface area contributed by atoms with E-state index in [1.807, 2.05) is 24.0 Å². The van der Waals surface area contributed by atoms with Gasteiger partial charge in [-0.3, -0.25) is 14.7 Å². The van der Waals surface area contributed by atoms with Crippen molar-refractivity contribution in [3.8, 4) is 0 Å². The summed E-state index contributed by atoms with van der Waals surface area (Å²) in [6.45, 7) is 3.00. The minimum absolute atomic E-state index is 0.0248. The molecule has 2 aliphatic rings. The van der Waals surface area contributed by atoms with Gasteiger partial charge in [-0.05, 0) is 30.4 Å². The van der Waals surface area contributed by atoms with Crippen LogP contribution in [0.25, 0.3) is 0 Å². The summed E-state index contributed by atoms with van der Waals surface area (Å²) >= 11 is 0. The number of fused-ring (bicyclic) bond motifs is 2. The molecule has 2 amide bonds. The van der Waals surface area contributed by atoms with E-state index in [4.69, 9.17) is 0 Å². The Balaban J connectivity index is 1.54. The fourth-order valence-corrected chi connectivity index (χ4v) is 4.05. The molecule has 6 nitrogen and oxygen atoms in total. The Morgan fingerprint density at radius 2 is 2.15 bits per heavy atom. The van der Waals surface area contributed by atoms with Crippen LogP contribution in [0.15, 0.2) is 24.3 Å². The maximum atomic E-state index is 12.9. The number of hydrogen-bond donors (Lipinski definition) is 2. The smallest absolute Gasteiger partial charge is 0.272 e. The zero-order valence-electron chi connectivity index (χ0n) is 15.0. The van der Waals surface area contributed by atoms with E-state index >= 15 is 0 Å². The number of nitrogens with zero attached hydrogens (tertiary/aromatic N) is 2. The third-order valence-corrected chi connectivity index (χ3v) is 5.48. The monoisotopic (exact) mass is 352 g/mol. The van der Waals surface area contributed by atoms with E-state index in [0.717, 1.165) is 30.5 Å². The second-order valence-electron chi connectivity index (χ2n) is 7.07. The van der Waals surface area contributed by atoms with Gasteiger partial charge in [0, 0.05) is 37.2 Å². The second-order valence-corrected chi connectivity index (χ2v) is 7.07. The van der Waals surface area contributed by atoms with Crippen molar-refractivity contribution in [3.05, 3.63) is 52.3 Å². The highest BCUT2D eigenvalue weighted by atomic mass is 16.2. The van der Waals surface area contributed by atoms with Crippen molar-refractivity contribution in [2.45, 2.75) is 51.6 Å². The predicted octanol–water partition coefficient (Wildman–Crippen LogP) is 2.51. The Morgan fingerprint density at radius 1 is 1.31 bits per heavy atom. The van der Waals surface area contributed by atoms with Gasteiger partial charge in [0.1, 0.15) is 0 Å². The lowest BCUT2D eigenvalue weighted by Crippen LogP contribution is -2.37. The molecule has 0 radical (unpaired) electrons. The molecule has 136 valence electrons. The Kier molecular flexibility index (Phi) is 4.49. The van der Waals surface area contributed by atoms with Gasteiger partial charge in [0.25, 0.3) is 5.91 Å². The lowest BCUT2D eigenvalue weighted by atomic mass is 9.87. The van der Waals surface area contributed by atoms with Crippen molar-refractivity contribution in [1.82, 2.24) is 20.4 Å². The van der Waals surface area contributed by atoms with Crippen molar-refractivity contribution >= 4 is 11.8 Å². The van der Waals surface area contributed by atoms with Gasteiger partial charge in [-0.1, -0.05) is 31.2 Å². The second kappa shape index (κ2) is 6.94. The van der Waals surface area contributed by atoms with Crippen LogP contribution in [-0.4, -0.2) is 33.5 Å². The fraction of sp³-hybridized carbons (Fsp3) is 0.450. The van der Waals surface area contributed by atoms with Crippen LogP contribution in [0.1, 0.15) is 65.1 Å². The van der Waals surface area contributed by atoms with Crippen LogP contribution in [0.3, 0.4) is 0 Å². The van der Waals surface area contributed by atoms with Crippen LogP contribution in [0.2, 0.25) is 0 Å². The number of carbonyl (C=O) groups is 2. The number of H-pyrrole nitrogens is 1. The molecule has 26 heavy (non-hydrogen) atoms. The number of nitrogens with one attached hydrogen (secondary N) is 2. The maximum Gasteiger partial charge on any atom is 0.272 e. The molecule has 2 aromatic rings. The topological polar surface area (TPSA) is 78.1 Å². The fourth-order valence-electron chi connectivity index (χ4n) is 4.05. The number of carbonyl (C=O) groups excluding carboxylic acids is 2. The molecule has 1 aromatic carbocycles. The summed E-state index contributed by atoms with van der Waals surface area (Å²) < 4.78 is 0. The van der Waals surface area contributed by atoms with Crippen LogP contribution in [0.4, 0.5) is 0 Å². The molecule has 0 saturated carbocycles. The number of benzene rings is 1. The normalized spacial score (nSPS) is 18.8. The summed E-state index contributed by atoms with van der Waals surface area (Å²) in [5, 5.41) is 10.4. The molecule has 1 atom stereocenters.